The highest BCUT2D eigenvalue weighted by molar-refractivity contribution is 5.95. The number of methoxy groups -OCH3 is 1. The van der Waals surface area contributed by atoms with Crippen molar-refractivity contribution in [2.75, 3.05) is 12.4 Å². The lowest BCUT2D eigenvalue weighted by atomic mass is 10.1. The molecule has 2 N–H and O–H groups in total. The number of nitrogens with one attached hydrogen (secondary N) is 2. The van der Waals surface area contributed by atoms with Crippen molar-refractivity contribution in [1.29, 1.82) is 0 Å². The van der Waals surface area contributed by atoms with Crippen molar-refractivity contribution in [2.24, 2.45) is 0 Å². The lowest BCUT2D eigenvalue weighted by Crippen LogP contribution is -2.34. The van der Waals surface area contributed by atoms with Crippen LogP contribution in [0.15, 0.2) is 30.5 Å². The molecule has 0 bridgehead atoms. The zero-order valence-corrected chi connectivity index (χ0v) is 14.6. The van der Waals surface area contributed by atoms with Gasteiger partial charge in [0.15, 0.2) is 5.69 Å². The molecule has 1 aromatic heterocycles. The average Bonchev–Trinajstić information content (AvgIpc) is 3.14. The van der Waals surface area contributed by atoms with Crippen LogP contribution in [0.1, 0.15) is 41.7 Å². The summed E-state index contributed by atoms with van der Waals surface area (Å²) in [5.74, 6) is -0.529. The third kappa shape index (κ3) is 4.66. The van der Waals surface area contributed by atoms with Crippen LogP contribution in [0.25, 0.3) is 0 Å². The molecule has 1 aromatic carbocycles. The molecular weight excluding hydrogens is 361 g/mol. The first-order chi connectivity index (χ1) is 12.9. The van der Waals surface area contributed by atoms with Gasteiger partial charge in [-0.3, -0.25) is 4.79 Å². The number of nitrogens with zero attached hydrogens (tertiary/aromatic N) is 2. The summed E-state index contributed by atoms with van der Waals surface area (Å²) in [6, 6.07) is 6.50. The Labute approximate surface area is 154 Å². The van der Waals surface area contributed by atoms with Crippen molar-refractivity contribution in [1.82, 2.24) is 15.3 Å². The van der Waals surface area contributed by atoms with Crippen LogP contribution >= 0.6 is 0 Å². The van der Waals surface area contributed by atoms with Gasteiger partial charge in [-0.2, -0.15) is 13.2 Å². The van der Waals surface area contributed by atoms with Gasteiger partial charge in [0.05, 0.1) is 12.7 Å². The third-order valence-electron chi connectivity index (χ3n) is 4.32. The number of aromatic nitrogens is 2. The van der Waals surface area contributed by atoms with Crippen LogP contribution in [0.3, 0.4) is 0 Å². The second-order valence-corrected chi connectivity index (χ2v) is 6.27. The van der Waals surface area contributed by atoms with Gasteiger partial charge in [-0.1, -0.05) is 18.9 Å². The Morgan fingerprint density at radius 3 is 2.67 bits per heavy atom. The van der Waals surface area contributed by atoms with E-state index in [-0.39, 0.29) is 12.0 Å². The number of benzene rings is 1. The maximum absolute atomic E-state index is 13.4. The van der Waals surface area contributed by atoms with E-state index in [2.05, 4.69) is 20.6 Å². The summed E-state index contributed by atoms with van der Waals surface area (Å²) in [5.41, 5.74) is -1.38. The Morgan fingerprint density at radius 1 is 1.26 bits per heavy atom. The quantitative estimate of drug-likeness (QED) is 0.822. The van der Waals surface area contributed by atoms with E-state index in [4.69, 9.17) is 4.74 Å². The largest absolute Gasteiger partial charge is 0.497 e. The summed E-state index contributed by atoms with van der Waals surface area (Å²) in [6.07, 6.45) is -0.431. The van der Waals surface area contributed by atoms with Gasteiger partial charge in [0.1, 0.15) is 5.75 Å². The molecule has 1 saturated carbocycles. The topological polar surface area (TPSA) is 76.1 Å². The Hall–Kier alpha value is -2.84. The molecule has 0 aliphatic heterocycles. The van der Waals surface area contributed by atoms with Gasteiger partial charge in [0, 0.05) is 24.0 Å². The number of halogens is 3. The molecule has 0 saturated heterocycles. The predicted octanol–water partition coefficient (Wildman–Crippen LogP) is 3.92. The molecule has 144 valence electrons. The molecule has 0 atom stereocenters. The summed E-state index contributed by atoms with van der Waals surface area (Å²) in [4.78, 5) is 19.7. The molecule has 2 aromatic rings. The maximum atomic E-state index is 13.4. The summed E-state index contributed by atoms with van der Waals surface area (Å²) >= 11 is 0. The first-order valence-electron chi connectivity index (χ1n) is 8.53. The van der Waals surface area contributed by atoms with Crippen molar-refractivity contribution in [3.05, 3.63) is 41.7 Å². The van der Waals surface area contributed by atoms with Gasteiger partial charge in [0.25, 0.3) is 5.91 Å². The standard InChI is InChI=1S/C18H19F3N4O2/c1-27-13-8-4-7-12(9-13)24-17-22-10-14(15(25-17)18(19,20)21)16(26)23-11-5-2-3-6-11/h4,7-11H,2-3,5-6H2,1H3,(H,23,26)(H,22,24,25). The molecule has 3 rings (SSSR count). The minimum atomic E-state index is -4.78. The molecule has 0 spiro atoms. The molecule has 1 amide bonds. The van der Waals surface area contributed by atoms with Crippen LogP contribution in [0, 0.1) is 0 Å². The Morgan fingerprint density at radius 2 is 2.00 bits per heavy atom. The number of rotatable bonds is 5. The van der Waals surface area contributed by atoms with Crippen molar-refractivity contribution < 1.29 is 22.7 Å². The highest BCUT2D eigenvalue weighted by atomic mass is 19.4. The SMILES string of the molecule is COc1cccc(Nc2ncc(C(=O)NC3CCCC3)c(C(F)(F)F)n2)c1. The van der Waals surface area contributed by atoms with Crippen molar-refractivity contribution in [2.45, 2.75) is 37.9 Å². The number of carbonyl (C=O) groups excluding carboxylic acids is 1. The lowest BCUT2D eigenvalue weighted by Gasteiger charge is -2.16. The molecule has 9 heteroatoms. The maximum Gasteiger partial charge on any atom is 0.434 e. The summed E-state index contributed by atoms with van der Waals surface area (Å²) < 4.78 is 45.4. The number of hydrogen-bond acceptors (Lipinski definition) is 5. The molecule has 0 radical (unpaired) electrons. The fourth-order valence-electron chi connectivity index (χ4n) is 2.99. The van der Waals surface area contributed by atoms with E-state index in [9.17, 15) is 18.0 Å². The van der Waals surface area contributed by atoms with Gasteiger partial charge < -0.3 is 15.4 Å². The van der Waals surface area contributed by atoms with E-state index < -0.39 is 23.3 Å². The minimum Gasteiger partial charge on any atom is -0.497 e. The van der Waals surface area contributed by atoms with Gasteiger partial charge in [-0.05, 0) is 25.0 Å². The molecule has 1 fully saturated rings. The van der Waals surface area contributed by atoms with Crippen LogP contribution in [0.5, 0.6) is 5.75 Å². The van der Waals surface area contributed by atoms with Crippen molar-refractivity contribution in [3.63, 3.8) is 0 Å². The Bertz CT molecular complexity index is 820. The van der Waals surface area contributed by atoms with E-state index >= 15 is 0 Å². The summed E-state index contributed by atoms with van der Waals surface area (Å²) in [5, 5.41) is 5.33. The Balaban J connectivity index is 1.86. The minimum absolute atomic E-state index is 0.104. The second-order valence-electron chi connectivity index (χ2n) is 6.27. The zero-order valence-electron chi connectivity index (χ0n) is 14.6. The van der Waals surface area contributed by atoms with Gasteiger partial charge in [-0.15, -0.1) is 0 Å². The van der Waals surface area contributed by atoms with E-state index in [1.54, 1.807) is 24.3 Å². The normalized spacial score (nSPS) is 14.8. The van der Waals surface area contributed by atoms with Crippen LogP contribution in [0.2, 0.25) is 0 Å². The molecule has 1 aliphatic rings. The monoisotopic (exact) mass is 380 g/mol. The van der Waals surface area contributed by atoms with Gasteiger partial charge in [0.2, 0.25) is 5.95 Å². The average molecular weight is 380 g/mol. The fraction of sp³-hybridized carbons (Fsp3) is 0.389. The van der Waals surface area contributed by atoms with Crippen molar-refractivity contribution in [3.8, 4) is 5.75 Å². The first-order valence-corrected chi connectivity index (χ1v) is 8.53. The van der Waals surface area contributed by atoms with Crippen LogP contribution in [-0.4, -0.2) is 29.0 Å². The number of anilines is 2. The molecule has 1 aliphatic carbocycles. The number of amides is 1. The summed E-state index contributed by atoms with van der Waals surface area (Å²) in [7, 11) is 1.48. The molecule has 27 heavy (non-hydrogen) atoms. The molecule has 0 unspecified atom stereocenters. The van der Waals surface area contributed by atoms with Crippen LogP contribution in [-0.2, 0) is 6.18 Å². The molecule has 6 nitrogen and oxygen atoms in total. The summed E-state index contributed by atoms with van der Waals surface area (Å²) in [6.45, 7) is 0. The lowest BCUT2D eigenvalue weighted by molar-refractivity contribution is -0.141. The highest BCUT2D eigenvalue weighted by Crippen LogP contribution is 2.32. The predicted molar refractivity (Wildman–Crippen MR) is 93.0 cm³/mol. The van der Waals surface area contributed by atoms with Crippen LogP contribution in [0.4, 0.5) is 24.8 Å². The molecular formula is C18H19F3N4O2. The number of ether oxygens (including phenoxy) is 1. The first kappa shape index (κ1) is 18.9. The highest BCUT2D eigenvalue weighted by Gasteiger charge is 2.38. The number of alkyl halides is 3. The fourth-order valence-corrected chi connectivity index (χ4v) is 2.99. The number of hydrogen-bond donors (Lipinski definition) is 2. The number of carbonyl (C=O) groups is 1. The van der Waals surface area contributed by atoms with E-state index in [1.165, 1.54) is 7.11 Å². The van der Waals surface area contributed by atoms with Crippen LogP contribution < -0.4 is 15.4 Å². The second kappa shape index (κ2) is 7.81. The smallest absolute Gasteiger partial charge is 0.434 e. The van der Waals surface area contributed by atoms with E-state index in [1.807, 2.05) is 0 Å². The Kier molecular flexibility index (Phi) is 5.48. The van der Waals surface area contributed by atoms with Gasteiger partial charge >= 0.3 is 6.18 Å². The van der Waals surface area contributed by atoms with E-state index in [0.717, 1.165) is 31.9 Å². The van der Waals surface area contributed by atoms with Gasteiger partial charge in [-0.25, -0.2) is 9.97 Å². The zero-order chi connectivity index (χ0) is 19.4. The molecule has 1 heterocycles. The third-order valence-corrected chi connectivity index (χ3v) is 4.32. The van der Waals surface area contributed by atoms with Crippen molar-refractivity contribution >= 4 is 17.5 Å². The van der Waals surface area contributed by atoms with E-state index in [0.29, 0.717) is 11.4 Å².